The Morgan fingerprint density at radius 3 is 2.50 bits per heavy atom. The summed E-state index contributed by atoms with van der Waals surface area (Å²) in [6, 6.07) is 0.616. The maximum Gasteiger partial charge on any atom is 0.222 e. The zero-order valence-corrected chi connectivity index (χ0v) is 8.78. The topological polar surface area (TPSA) is 37.8 Å². The van der Waals surface area contributed by atoms with Gasteiger partial charge in [0.05, 0.1) is 0 Å². The molecule has 1 aliphatic rings. The summed E-state index contributed by atoms with van der Waals surface area (Å²) in [5.41, 5.74) is 0. The van der Waals surface area contributed by atoms with E-state index in [1.165, 1.54) is 19.3 Å². The summed E-state index contributed by atoms with van der Waals surface area (Å²) in [5, 5.41) is 3.28. The van der Waals surface area contributed by atoms with Crippen molar-refractivity contribution in [1.29, 1.82) is 0 Å². The van der Waals surface area contributed by atoms with Gasteiger partial charge in [0.1, 0.15) is 0 Å². The van der Waals surface area contributed by atoms with Crippen LogP contribution in [0.5, 0.6) is 0 Å². The Kier molecular flexibility index (Phi) is 2.43. The van der Waals surface area contributed by atoms with Crippen LogP contribution >= 0.6 is 22.6 Å². The van der Waals surface area contributed by atoms with Crippen molar-refractivity contribution in [2.45, 2.75) is 25.3 Å². The van der Waals surface area contributed by atoms with E-state index in [0.29, 0.717) is 6.04 Å². The minimum absolute atomic E-state index is 0.616. The SMILES string of the molecule is Ic1cnc(NC2CCC2)nc1. The molecule has 3 nitrogen and oxygen atoms in total. The summed E-state index contributed by atoms with van der Waals surface area (Å²) in [6.07, 6.45) is 7.51. The van der Waals surface area contributed by atoms with Gasteiger partial charge in [-0.2, -0.15) is 0 Å². The van der Waals surface area contributed by atoms with Crippen LogP contribution in [0.1, 0.15) is 19.3 Å². The Balaban J connectivity index is 1.98. The van der Waals surface area contributed by atoms with Crippen LogP contribution in [0, 0.1) is 3.57 Å². The van der Waals surface area contributed by atoms with Crippen LogP contribution in [0.4, 0.5) is 5.95 Å². The standard InChI is InChI=1S/C8H10IN3/c9-6-4-10-8(11-5-6)12-7-2-1-3-7/h4-5,7H,1-3H2,(H,10,11,12). The minimum Gasteiger partial charge on any atom is -0.351 e. The van der Waals surface area contributed by atoms with Crippen LogP contribution in [0.2, 0.25) is 0 Å². The van der Waals surface area contributed by atoms with Crippen molar-refractivity contribution in [2.24, 2.45) is 0 Å². The first kappa shape index (κ1) is 8.22. The predicted molar refractivity (Wildman–Crippen MR) is 56.0 cm³/mol. The lowest BCUT2D eigenvalue weighted by Gasteiger charge is -2.26. The third kappa shape index (κ3) is 1.85. The van der Waals surface area contributed by atoms with Gasteiger partial charge in [-0.05, 0) is 41.9 Å². The number of nitrogens with one attached hydrogen (secondary N) is 1. The van der Waals surface area contributed by atoms with Gasteiger partial charge in [-0.15, -0.1) is 0 Å². The Morgan fingerprint density at radius 2 is 2.00 bits per heavy atom. The van der Waals surface area contributed by atoms with E-state index in [-0.39, 0.29) is 0 Å². The van der Waals surface area contributed by atoms with E-state index in [2.05, 4.69) is 37.9 Å². The summed E-state index contributed by atoms with van der Waals surface area (Å²) >= 11 is 2.20. The van der Waals surface area contributed by atoms with E-state index < -0.39 is 0 Å². The molecule has 64 valence electrons. The number of nitrogens with zero attached hydrogens (tertiary/aromatic N) is 2. The third-order valence-corrected chi connectivity index (χ3v) is 2.62. The molecule has 1 aliphatic carbocycles. The van der Waals surface area contributed by atoms with Crippen molar-refractivity contribution in [2.75, 3.05) is 5.32 Å². The second-order valence-electron chi connectivity index (χ2n) is 3.00. The molecule has 0 spiro atoms. The highest BCUT2D eigenvalue weighted by molar-refractivity contribution is 14.1. The minimum atomic E-state index is 0.616. The largest absolute Gasteiger partial charge is 0.351 e. The van der Waals surface area contributed by atoms with Crippen molar-refractivity contribution in [3.63, 3.8) is 0 Å². The Morgan fingerprint density at radius 1 is 1.33 bits per heavy atom. The first-order valence-corrected chi connectivity index (χ1v) is 5.16. The predicted octanol–water partition coefficient (Wildman–Crippen LogP) is 2.05. The van der Waals surface area contributed by atoms with Gasteiger partial charge in [0.25, 0.3) is 0 Å². The second-order valence-corrected chi connectivity index (χ2v) is 4.24. The summed E-state index contributed by atoms with van der Waals surface area (Å²) < 4.78 is 1.08. The van der Waals surface area contributed by atoms with Gasteiger partial charge in [0.15, 0.2) is 0 Å². The van der Waals surface area contributed by atoms with Crippen LogP contribution in [0.25, 0.3) is 0 Å². The molecule has 1 saturated carbocycles. The van der Waals surface area contributed by atoms with Gasteiger partial charge in [0.2, 0.25) is 5.95 Å². The van der Waals surface area contributed by atoms with Crippen molar-refractivity contribution in [3.8, 4) is 0 Å². The number of halogens is 1. The Bertz CT molecular complexity index is 256. The van der Waals surface area contributed by atoms with Crippen LogP contribution < -0.4 is 5.32 Å². The van der Waals surface area contributed by atoms with Gasteiger partial charge in [0, 0.05) is 22.0 Å². The molecule has 1 heterocycles. The summed E-state index contributed by atoms with van der Waals surface area (Å²) in [7, 11) is 0. The number of rotatable bonds is 2. The smallest absolute Gasteiger partial charge is 0.222 e. The van der Waals surface area contributed by atoms with E-state index in [1.54, 1.807) is 0 Å². The average Bonchev–Trinajstić information content (AvgIpc) is 2.00. The van der Waals surface area contributed by atoms with E-state index >= 15 is 0 Å². The lowest BCUT2D eigenvalue weighted by atomic mass is 9.93. The Hall–Kier alpha value is -0.390. The summed E-state index contributed by atoms with van der Waals surface area (Å²) in [4.78, 5) is 8.34. The van der Waals surface area contributed by atoms with E-state index in [4.69, 9.17) is 0 Å². The van der Waals surface area contributed by atoms with Gasteiger partial charge in [-0.25, -0.2) is 9.97 Å². The quantitative estimate of drug-likeness (QED) is 0.839. The normalized spacial score (nSPS) is 17.1. The molecule has 1 aromatic rings. The first-order chi connectivity index (χ1) is 5.84. The van der Waals surface area contributed by atoms with Gasteiger partial charge in [-0.3, -0.25) is 0 Å². The molecule has 1 aromatic heterocycles. The molecule has 0 atom stereocenters. The molecule has 0 radical (unpaired) electrons. The fraction of sp³-hybridized carbons (Fsp3) is 0.500. The maximum atomic E-state index is 4.17. The molecule has 0 bridgehead atoms. The molecule has 0 saturated heterocycles. The molecule has 2 rings (SSSR count). The zero-order valence-electron chi connectivity index (χ0n) is 6.63. The second kappa shape index (κ2) is 3.55. The van der Waals surface area contributed by atoms with Crippen LogP contribution in [0.15, 0.2) is 12.4 Å². The molecule has 0 amide bonds. The molecule has 12 heavy (non-hydrogen) atoms. The monoisotopic (exact) mass is 275 g/mol. The molecular formula is C8H10IN3. The number of anilines is 1. The summed E-state index contributed by atoms with van der Waals surface area (Å²) in [6.45, 7) is 0. The van der Waals surface area contributed by atoms with E-state index in [0.717, 1.165) is 9.52 Å². The highest BCUT2D eigenvalue weighted by Crippen LogP contribution is 2.21. The van der Waals surface area contributed by atoms with Crippen LogP contribution in [0.3, 0.4) is 0 Å². The molecule has 0 aliphatic heterocycles. The molecule has 1 N–H and O–H groups in total. The van der Waals surface area contributed by atoms with Crippen LogP contribution in [-0.2, 0) is 0 Å². The molecule has 4 heteroatoms. The van der Waals surface area contributed by atoms with Crippen LogP contribution in [-0.4, -0.2) is 16.0 Å². The molecule has 0 aromatic carbocycles. The van der Waals surface area contributed by atoms with Gasteiger partial charge >= 0.3 is 0 Å². The lowest BCUT2D eigenvalue weighted by molar-refractivity contribution is 0.443. The average molecular weight is 275 g/mol. The first-order valence-electron chi connectivity index (χ1n) is 4.09. The molecule has 1 fully saturated rings. The Labute approximate surface area is 85.1 Å². The maximum absolute atomic E-state index is 4.17. The van der Waals surface area contributed by atoms with Gasteiger partial charge < -0.3 is 5.32 Å². The van der Waals surface area contributed by atoms with E-state index in [9.17, 15) is 0 Å². The van der Waals surface area contributed by atoms with E-state index in [1.807, 2.05) is 12.4 Å². The third-order valence-electron chi connectivity index (χ3n) is 2.06. The number of aromatic nitrogens is 2. The number of hydrogen-bond acceptors (Lipinski definition) is 3. The lowest BCUT2D eigenvalue weighted by Crippen LogP contribution is -2.27. The fourth-order valence-corrected chi connectivity index (χ4v) is 1.40. The fourth-order valence-electron chi connectivity index (χ4n) is 1.12. The highest BCUT2D eigenvalue weighted by Gasteiger charge is 2.17. The van der Waals surface area contributed by atoms with Crippen molar-refractivity contribution < 1.29 is 0 Å². The van der Waals surface area contributed by atoms with Gasteiger partial charge in [-0.1, -0.05) is 0 Å². The van der Waals surface area contributed by atoms with Crippen molar-refractivity contribution in [1.82, 2.24) is 9.97 Å². The summed E-state index contributed by atoms with van der Waals surface area (Å²) in [5.74, 6) is 0.764. The van der Waals surface area contributed by atoms with Crippen molar-refractivity contribution >= 4 is 28.5 Å². The molecule has 0 unspecified atom stereocenters. The zero-order chi connectivity index (χ0) is 8.39. The molecular weight excluding hydrogens is 265 g/mol. The van der Waals surface area contributed by atoms with Crippen molar-refractivity contribution in [3.05, 3.63) is 16.0 Å². The number of hydrogen-bond donors (Lipinski definition) is 1. The highest BCUT2D eigenvalue weighted by atomic mass is 127.